The van der Waals surface area contributed by atoms with E-state index >= 15 is 0 Å². The van der Waals surface area contributed by atoms with Gasteiger partial charge in [0.05, 0.1) is 24.4 Å². The van der Waals surface area contributed by atoms with E-state index < -0.39 is 29.6 Å². The molecule has 0 saturated carbocycles. The van der Waals surface area contributed by atoms with E-state index in [1.807, 2.05) is 5.38 Å². The Labute approximate surface area is 219 Å². The monoisotopic (exact) mass is 525 g/mol. The molecule has 0 saturated heterocycles. The van der Waals surface area contributed by atoms with Crippen molar-refractivity contribution < 1.29 is 29.0 Å². The van der Waals surface area contributed by atoms with E-state index in [-0.39, 0.29) is 65.6 Å². The average Bonchev–Trinajstić information content (AvgIpc) is 3.50. The lowest BCUT2D eigenvalue weighted by Crippen LogP contribution is -2.34. The van der Waals surface area contributed by atoms with E-state index in [4.69, 9.17) is 15.2 Å². The quantitative estimate of drug-likeness (QED) is 0.267. The summed E-state index contributed by atoms with van der Waals surface area (Å²) in [4.78, 5) is 40.8. The number of nitriles is 1. The van der Waals surface area contributed by atoms with Gasteiger partial charge in [0.1, 0.15) is 29.1 Å². The van der Waals surface area contributed by atoms with E-state index in [0.29, 0.717) is 10.6 Å². The molecule has 0 unspecified atom stereocenters. The van der Waals surface area contributed by atoms with Gasteiger partial charge in [-0.3, -0.25) is 9.59 Å². The number of thiophene rings is 1. The second kappa shape index (κ2) is 11.5. The molecular formula is C27H31N3O6S. The Morgan fingerprint density at radius 1 is 1.16 bits per heavy atom. The third-order valence-corrected chi connectivity index (χ3v) is 7.33. The molecule has 2 atom stereocenters. The first-order valence-corrected chi connectivity index (χ1v) is 13.1. The van der Waals surface area contributed by atoms with Gasteiger partial charge in [-0.2, -0.15) is 5.26 Å². The summed E-state index contributed by atoms with van der Waals surface area (Å²) in [6, 6.07) is 5.67. The Morgan fingerprint density at radius 2 is 1.84 bits per heavy atom. The van der Waals surface area contributed by atoms with E-state index in [1.54, 1.807) is 46.8 Å². The zero-order valence-electron chi connectivity index (χ0n) is 21.6. The third kappa shape index (κ3) is 4.67. The second-order valence-corrected chi connectivity index (χ2v) is 9.34. The Kier molecular flexibility index (Phi) is 8.61. The highest BCUT2D eigenvalue weighted by Gasteiger charge is 2.48. The molecule has 3 heterocycles. The first kappa shape index (κ1) is 27.7. The molecule has 10 heteroatoms. The number of hydrogen-bond donors (Lipinski definition) is 2. The molecule has 0 spiro atoms. The van der Waals surface area contributed by atoms with Crippen LogP contribution in [0.1, 0.15) is 81.0 Å². The minimum atomic E-state index is -1.15. The number of anilines is 1. The van der Waals surface area contributed by atoms with Crippen molar-refractivity contribution in [3.63, 3.8) is 0 Å². The molecule has 37 heavy (non-hydrogen) atoms. The molecule has 0 amide bonds. The third-order valence-electron chi connectivity index (χ3n) is 6.38. The molecule has 1 aliphatic heterocycles. The maximum atomic E-state index is 13.7. The number of esters is 2. The number of aliphatic hydroxyl groups is 1. The summed E-state index contributed by atoms with van der Waals surface area (Å²) in [6.45, 7) is 8.50. The molecule has 1 aliphatic rings. The predicted molar refractivity (Wildman–Crippen MR) is 141 cm³/mol. The van der Waals surface area contributed by atoms with Gasteiger partial charge in [0.25, 0.3) is 0 Å². The highest BCUT2D eigenvalue weighted by atomic mass is 32.1. The molecule has 0 radical (unpaired) electrons. The summed E-state index contributed by atoms with van der Waals surface area (Å²) in [5.74, 6) is -3.92. The lowest BCUT2D eigenvalue weighted by Gasteiger charge is -2.34. The number of nitrogen functional groups attached to an aromatic ring is 1. The number of rotatable bonds is 9. The minimum Gasteiger partial charge on any atom is -0.512 e. The van der Waals surface area contributed by atoms with Crippen LogP contribution in [0.15, 0.2) is 28.8 Å². The normalized spacial score (nSPS) is 17.5. The number of carbonyl (C=O) groups excluding carboxylic acids is 3. The van der Waals surface area contributed by atoms with Gasteiger partial charge in [-0.15, -0.1) is 11.3 Å². The van der Waals surface area contributed by atoms with Crippen molar-refractivity contribution in [2.24, 2.45) is 0 Å². The lowest BCUT2D eigenvalue weighted by molar-refractivity contribution is -0.145. The number of ketones is 1. The Hall–Kier alpha value is -3.84. The van der Waals surface area contributed by atoms with E-state index in [0.717, 1.165) is 0 Å². The molecule has 3 rings (SSSR count). The van der Waals surface area contributed by atoms with Crippen LogP contribution >= 0.6 is 11.3 Å². The maximum absolute atomic E-state index is 13.7. The van der Waals surface area contributed by atoms with E-state index in [2.05, 4.69) is 6.07 Å². The molecule has 9 nitrogen and oxygen atoms in total. The summed E-state index contributed by atoms with van der Waals surface area (Å²) in [5, 5.41) is 22.8. The fraction of sp³-hybridized carbons (Fsp3) is 0.407. The first-order chi connectivity index (χ1) is 17.7. The van der Waals surface area contributed by atoms with Gasteiger partial charge in [-0.1, -0.05) is 19.9 Å². The van der Waals surface area contributed by atoms with Crippen LogP contribution in [0, 0.1) is 11.3 Å². The molecule has 0 aliphatic carbocycles. The zero-order chi connectivity index (χ0) is 27.4. The van der Waals surface area contributed by atoms with Crippen LogP contribution in [-0.4, -0.2) is 40.6 Å². The molecule has 2 aromatic rings. The number of nitrogens with two attached hydrogens (primary N) is 1. The van der Waals surface area contributed by atoms with Crippen LogP contribution in [0.3, 0.4) is 0 Å². The molecule has 2 aromatic heterocycles. The molecule has 0 fully saturated rings. The number of carbonyl (C=O) groups is 3. The van der Waals surface area contributed by atoms with Crippen molar-refractivity contribution in [2.75, 3.05) is 18.9 Å². The van der Waals surface area contributed by atoms with Crippen LogP contribution in [0.4, 0.5) is 5.82 Å². The maximum Gasteiger partial charge on any atom is 0.336 e. The molecule has 3 N–H and O–H groups in total. The SMILES string of the molecule is CCOC(=O)C1=C(C)n2c(N)c(C#N)c(/C(C(=O)CC)=C(/O)CC)c2[C@@H](C(=O)OCC)[C@@H]1c1cccs1. The Balaban J connectivity index is 2.59. The number of aliphatic hydroxyl groups excluding tert-OH is 1. The van der Waals surface area contributed by atoms with E-state index in [1.165, 1.54) is 15.9 Å². The fourth-order valence-corrected chi connectivity index (χ4v) is 5.71. The molecule has 0 aromatic carbocycles. The summed E-state index contributed by atoms with van der Waals surface area (Å²) in [7, 11) is 0. The lowest BCUT2D eigenvalue weighted by atomic mass is 9.76. The first-order valence-electron chi connectivity index (χ1n) is 12.2. The minimum absolute atomic E-state index is 0.0453. The average molecular weight is 526 g/mol. The Morgan fingerprint density at radius 3 is 2.35 bits per heavy atom. The van der Waals surface area contributed by atoms with Crippen LogP contribution in [0.25, 0.3) is 11.3 Å². The topological polar surface area (TPSA) is 145 Å². The van der Waals surface area contributed by atoms with Crippen molar-refractivity contribution in [2.45, 2.75) is 59.3 Å². The van der Waals surface area contributed by atoms with Crippen molar-refractivity contribution in [1.82, 2.24) is 4.57 Å². The number of allylic oxidation sites excluding steroid dienone is 3. The van der Waals surface area contributed by atoms with Gasteiger partial charge in [-0.25, -0.2) is 4.79 Å². The van der Waals surface area contributed by atoms with Crippen LogP contribution < -0.4 is 5.73 Å². The van der Waals surface area contributed by atoms with Crippen LogP contribution in [0.2, 0.25) is 0 Å². The van der Waals surface area contributed by atoms with Gasteiger partial charge in [0.15, 0.2) is 5.78 Å². The number of fused-ring (bicyclic) bond motifs is 1. The van der Waals surface area contributed by atoms with Gasteiger partial charge >= 0.3 is 11.9 Å². The van der Waals surface area contributed by atoms with Gasteiger partial charge in [-0.05, 0) is 32.2 Å². The van der Waals surface area contributed by atoms with Crippen molar-refractivity contribution in [1.29, 1.82) is 5.26 Å². The number of Topliss-reactive ketones (excluding diaryl/α,β-unsaturated/α-hetero) is 1. The summed E-state index contributed by atoms with van der Waals surface area (Å²) in [5.41, 5.74) is 7.25. The number of nitrogens with zero attached hydrogens (tertiary/aromatic N) is 2. The summed E-state index contributed by atoms with van der Waals surface area (Å²) >= 11 is 1.35. The highest BCUT2D eigenvalue weighted by Crippen LogP contribution is 2.52. The van der Waals surface area contributed by atoms with Crippen LogP contribution in [0.5, 0.6) is 0 Å². The standard InChI is InChI=1S/C27H31N3O6S/c1-6-16(31)21(17(32)7-2)20-15(13-28)25(29)30-14(5)19(26(33)35-8-3)22(18-11-10-12-37-18)23(24(20)30)27(34)36-9-4/h10-12,22-23,31H,6-9,29H2,1-5H3/b21-16+/t22-,23+/m1/s1. The van der Waals surface area contributed by atoms with Gasteiger partial charge in [0.2, 0.25) is 0 Å². The zero-order valence-corrected chi connectivity index (χ0v) is 22.4. The number of ether oxygens (including phenoxy) is 2. The molecule has 196 valence electrons. The number of aromatic nitrogens is 1. The van der Waals surface area contributed by atoms with Gasteiger partial charge < -0.3 is 24.9 Å². The van der Waals surface area contributed by atoms with E-state index in [9.17, 15) is 24.8 Å². The fourth-order valence-electron chi connectivity index (χ4n) is 4.84. The second-order valence-electron chi connectivity index (χ2n) is 8.36. The Bertz CT molecular complexity index is 1330. The predicted octanol–water partition coefficient (Wildman–Crippen LogP) is 4.90. The van der Waals surface area contributed by atoms with Crippen LogP contribution in [-0.2, 0) is 23.9 Å². The summed E-state index contributed by atoms with van der Waals surface area (Å²) in [6.07, 6.45) is 0.175. The summed E-state index contributed by atoms with van der Waals surface area (Å²) < 4.78 is 12.3. The molecule has 0 bridgehead atoms. The van der Waals surface area contributed by atoms with Crippen molar-refractivity contribution in [3.05, 3.63) is 50.5 Å². The van der Waals surface area contributed by atoms with Crippen molar-refractivity contribution in [3.8, 4) is 6.07 Å². The van der Waals surface area contributed by atoms with Gasteiger partial charge in [0, 0.05) is 40.6 Å². The molecular weight excluding hydrogens is 494 g/mol. The number of hydrogen-bond acceptors (Lipinski definition) is 9. The smallest absolute Gasteiger partial charge is 0.336 e. The highest BCUT2D eigenvalue weighted by molar-refractivity contribution is 7.10. The largest absolute Gasteiger partial charge is 0.512 e. The van der Waals surface area contributed by atoms with Crippen molar-refractivity contribution >= 4 is 46.1 Å².